The molecule has 1 aliphatic heterocycles. The van der Waals surface area contributed by atoms with E-state index in [1.54, 1.807) is 7.11 Å². The molecular formula is C14H29NO2. The van der Waals surface area contributed by atoms with Crippen molar-refractivity contribution >= 4 is 0 Å². The van der Waals surface area contributed by atoms with Crippen molar-refractivity contribution in [2.45, 2.75) is 77.2 Å². The zero-order valence-electron chi connectivity index (χ0n) is 12.2. The summed E-state index contributed by atoms with van der Waals surface area (Å²) in [7, 11) is 1.75. The molecule has 1 saturated heterocycles. The Morgan fingerprint density at radius 3 is 2.29 bits per heavy atom. The molecule has 0 spiro atoms. The second-order valence-corrected chi connectivity index (χ2v) is 6.56. The van der Waals surface area contributed by atoms with Gasteiger partial charge in [0.2, 0.25) is 0 Å². The summed E-state index contributed by atoms with van der Waals surface area (Å²) in [5.41, 5.74) is 6.19. The number of ether oxygens (including phenoxy) is 2. The fraction of sp³-hybridized carbons (Fsp3) is 1.00. The zero-order chi connectivity index (χ0) is 13.3. The van der Waals surface area contributed by atoms with Crippen LogP contribution in [0.2, 0.25) is 0 Å². The lowest BCUT2D eigenvalue weighted by atomic mass is 9.80. The van der Waals surface area contributed by atoms with Crippen LogP contribution in [0.5, 0.6) is 0 Å². The van der Waals surface area contributed by atoms with Gasteiger partial charge in [-0.3, -0.25) is 0 Å². The number of hydrogen-bond donors (Lipinski definition) is 1. The Labute approximate surface area is 106 Å². The molecule has 0 aliphatic carbocycles. The number of methoxy groups -OCH3 is 1. The van der Waals surface area contributed by atoms with Gasteiger partial charge in [-0.1, -0.05) is 0 Å². The van der Waals surface area contributed by atoms with E-state index in [0.717, 1.165) is 19.3 Å². The Hall–Kier alpha value is -0.120. The molecule has 1 aliphatic rings. The number of rotatable bonds is 5. The lowest BCUT2D eigenvalue weighted by molar-refractivity contribution is -0.0770. The minimum absolute atomic E-state index is 0.0430. The van der Waals surface area contributed by atoms with Gasteiger partial charge in [-0.25, -0.2) is 0 Å². The van der Waals surface area contributed by atoms with Gasteiger partial charge >= 0.3 is 0 Å². The summed E-state index contributed by atoms with van der Waals surface area (Å²) >= 11 is 0. The van der Waals surface area contributed by atoms with E-state index in [4.69, 9.17) is 15.2 Å². The summed E-state index contributed by atoms with van der Waals surface area (Å²) in [6.07, 6.45) is 3.36. The zero-order valence-corrected chi connectivity index (χ0v) is 12.2. The highest BCUT2D eigenvalue weighted by atomic mass is 16.5. The Balaban J connectivity index is 2.54. The van der Waals surface area contributed by atoms with Crippen LogP contribution in [-0.2, 0) is 9.47 Å². The number of hydrogen-bond acceptors (Lipinski definition) is 3. The van der Waals surface area contributed by atoms with Crippen LogP contribution in [0.4, 0.5) is 0 Å². The molecule has 3 atom stereocenters. The first-order valence-electron chi connectivity index (χ1n) is 6.66. The van der Waals surface area contributed by atoms with Crippen molar-refractivity contribution in [1.82, 2.24) is 0 Å². The summed E-state index contributed by atoms with van der Waals surface area (Å²) in [5.74, 6) is 0.432. The van der Waals surface area contributed by atoms with Crippen molar-refractivity contribution in [2.24, 2.45) is 11.7 Å². The predicted octanol–water partition coefficient (Wildman–Crippen LogP) is 2.72. The predicted molar refractivity (Wildman–Crippen MR) is 71.0 cm³/mol. The Bertz CT molecular complexity index is 251. The Morgan fingerprint density at radius 2 is 1.88 bits per heavy atom. The maximum absolute atomic E-state index is 6.34. The summed E-state index contributed by atoms with van der Waals surface area (Å²) in [5, 5.41) is 0. The monoisotopic (exact) mass is 243 g/mol. The number of nitrogens with two attached hydrogens (primary N) is 1. The molecule has 2 N–H and O–H groups in total. The van der Waals surface area contributed by atoms with E-state index >= 15 is 0 Å². The van der Waals surface area contributed by atoms with Crippen molar-refractivity contribution in [3.63, 3.8) is 0 Å². The minimum Gasteiger partial charge on any atom is -0.382 e. The fourth-order valence-corrected chi connectivity index (χ4v) is 3.02. The van der Waals surface area contributed by atoms with E-state index in [-0.39, 0.29) is 17.2 Å². The van der Waals surface area contributed by atoms with Crippen molar-refractivity contribution in [3.8, 4) is 0 Å². The molecule has 1 fully saturated rings. The van der Waals surface area contributed by atoms with Crippen LogP contribution in [0.25, 0.3) is 0 Å². The van der Waals surface area contributed by atoms with Crippen LogP contribution in [0, 0.1) is 5.92 Å². The normalized spacial score (nSPS) is 30.2. The van der Waals surface area contributed by atoms with Crippen LogP contribution in [0.3, 0.4) is 0 Å². The van der Waals surface area contributed by atoms with Gasteiger partial charge in [0.05, 0.1) is 17.3 Å². The van der Waals surface area contributed by atoms with Crippen molar-refractivity contribution in [3.05, 3.63) is 0 Å². The quantitative estimate of drug-likeness (QED) is 0.807. The van der Waals surface area contributed by atoms with Crippen LogP contribution >= 0.6 is 0 Å². The molecule has 3 unspecified atom stereocenters. The second kappa shape index (κ2) is 5.25. The molecule has 3 nitrogen and oxygen atoms in total. The topological polar surface area (TPSA) is 44.5 Å². The molecule has 0 bridgehead atoms. The molecule has 102 valence electrons. The van der Waals surface area contributed by atoms with Gasteiger partial charge in [0.15, 0.2) is 0 Å². The highest BCUT2D eigenvalue weighted by molar-refractivity contribution is 4.98. The molecule has 17 heavy (non-hydrogen) atoms. The lowest BCUT2D eigenvalue weighted by Crippen LogP contribution is -2.41. The molecule has 1 heterocycles. The third-order valence-electron chi connectivity index (χ3n) is 3.97. The van der Waals surface area contributed by atoms with Gasteiger partial charge in [-0.2, -0.15) is 0 Å². The maximum Gasteiger partial charge on any atom is 0.0677 e. The average Bonchev–Trinajstić information content (AvgIpc) is 2.42. The summed E-state index contributed by atoms with van der Waals surface area (Å²) in [6, 6.07) is 0.198. The molecule has 3 heteroatoms. The standard InChI is InChI=1S/C14H29NO2/c1-10(16-6)7-8-12(15)11-9-13(2,3)17-14(11,4)5/h10-12H,7-9,15H2,1-6H3. The van der Waals surface area contributed by atoms with Crippen molar-refractivity contribution in [2.75, 3.05) is 7.11 Å². The average molecular weight is 243 g/mol. The summed E-state index contributed by atoms with van der Waals surface area (Å²) < 4.78 is 11.4. The molecule has 0 radical (unpaired) electrons. The Morgan fingerprint density at radius 1 is 1.29 bits per heavy atom. The molecule has 0 saturated carbocycles. The van der Waals surface area contributed by atoms with Gasteiger partial charge in [0.25, 0.3) is 0 Å². The third-order valence-corrected chi connectivity index (χ3v) is 3.97. The largest absolute Gasteiger partial charge is 0.382 e. The Kier molecular flexibility index (Phi) is 4.61. The first-order chi connectivity index (χ1) is 7.68. The van der Waals surface area contributed by atoms with Crippen LogP contribution in [0.1, 0.15) is 53.9 Å². The van der Waals surface area contributed by atoms with Crippen molar-refractivity contribution in [1.29, 1.82) is 0 Å². The summed E-state index contributed by atoms with van der Waals surface area (Å²) in [4.78, 5) is 0. The highest BCUT2D eigenvalue weighted by Gasteiger charge is 2.47. The molecular weight excluding hydrogens is 214 g/mol. The molecule has 0 amide bonds. The highest BCUT2D eigenvalue weighted by Crippen LogP contribution is 2.43. The third kappa shape index (κ3) is 3.94. The molecule has 0 aromatic rings. The van der Waals surface area contributed by atoms with Crippen molar-refractivity contribution < 1.29 is 9.47 Å². The molecule has 0 aromatic heterocycles. The maximum atomic E-state index is 6.34. The second-order valence-electron chi connectivity index (χ2n) is 6.56. The van der Waals surface area contributed by atoms with Crippen LogP contribution < -0.4 is 5.73 Å². The molecule has 0 aromatic carbocycles. The molecule has 1 rings (SSSR count). The first kappa shape index (κ1) is 14.9. The van der Waals surface area contributed by atoms with Gasteiger partial charge in [0, 0.05) is 19.1 Å². The van der Waals surface area contributed by atoms with Gasteiger partial charge in [-0.05, 0) is 53.9 Å². The van der Waals surface area contributed by atoms with Gasteiger partial charge < -0.3 is 15.2 Å². The van der Waals surface area contributed by atoms with E-state index in [0.29, 0.717) is 12.0 Å². The minimum atomic E-state index is -0.112. The van der Waals surface area contributed by atoms with Gasteiger partial charge in [-0.15, -0.1) is 0 Å². The van der Waals surface area contributed by atoms with Crippen LogP contribution in [-0.4, -0.2) is 30.5 Å². The van der Waals surface area contributed by atoms with Gasteiger partial charge in [0.1, 0.15) is 0 Å². The van der Waals surface area contributed by atoms with E-state index in [9.17, 15) is 0 Å². The van der Waals surface area contributed by atoms with E-state index < -0.39 is 0 Å². The van der Waals surface area contributed by atoms with E-state index in [1.807, 2.05) is 0 Å². The first-order valence-corrected chi connectivity index (χ1v) is 6.66. The SMILES string of the molecule is COC(C)CCC(N)C1CC(C)(C)OC1(C)C. The summed E-state index contributed by atoms with van der Waals surface area (Å²) in [6.45, 7) is 10.7. The van der Waals surface area contributed by atoms with Crippen LogP contribution in [0.15, 0.2) is 0 Å². The lowest BCUT2D eigenvalue weighted by Gasteiger charge is -2.31. The van der Waals surface area contributed by atoms with E-state index in [2.05, 4.69) is 34.6 Å². The van der Waals surface area contributed by atoms with E-state index in [1.165, 1.54) is 0 Å². The smallest absolute Gasteiger partial charge is 0.0677 e. The fourth-order valence-electron chi connectivity index (χ4n) is 3.02.